The van der Waals surface area contributed by atoms with Gasteiger partial charge in [-0.3, -0.25) is 19.3 Å². The number of rotatable bonds is 9. The van der Waals surface area contributed by atoms with E-state index in [2.05, 4.69) is 12.2 Å². The molecule has 2 aromatic carbocycles. The minimum absolute atomic E-state index is 0.0193. The van der Waals surface area contributed by atoms with Crippen molar-refractivity contribution in [3.8, 4) is 5.75 Å². The summed E-state index contributed by atoms with van der Waals surface area (Å²) in [5.74, 6) is -1.73. The van der Waals surface area contributed by atoms with Gasteiger partial charge < -0.3 is 9.47 Å². The van der Waals surface area contributed by atoms with Crippen molar-refractivity contribution in [3.05, 3.63) is 77.9 Å². The van der Waals surface area contributed by atoms with Crippen LogP contribution >= 0.6 is 0 Å². The molecule has 0 spiro atoms. The third-order valence-corrected chi connectivity index (χ3v) is 8.72. The number of hydrogen-bond donors (Lipinski definition) is 0. The monoisotopic (exact) mass is 541 g/mol. The molecule has 7 unspecified atom stereocenters. The van der Waals surface area contributed by atoms with Crippen LogP contribution in [0.25, 0.3) is 0 Å². The summed E-state index contributed by atoms with van der Waals surface area (Å²) in [6.45, 7) is 3.29. The molecule has 2 aromatic rings. The first kappa shape index (κ1) is 26.2. The van der Waals surface area contributed by atoms with Gasteiger partial charge in [-0.2, -0.15) is 0 Å². The number of esters is 2. The topological polar surface area (TPSA) is 107 Å². The predicted molar refractivity (Wildman–Crippen MR) is 143 cm³/mol. The molecule has 8 heteroatoms. The molecule has 2 saturated carbocycles. The van der Waals surface area contributed by atoms with E-state index in [1.54, 1.807) is 30.3 Å². The first-order valence-electron chi connectivity index (χ1n) is 13.9. The van der Waals surface area contributed by atoms with Crippen molar-refractivity contribution in [2.75, 3.05) is 6.61 Å². The average molecular weight is 542 g/mol. The van der Waals surface area contributed by atoms with Crippen LogP contribution in [0.3, 0.4) is 0 Å². The van der Waals surface area contributed by atoms with Crippen LogP contribution < -0.4 is 4.74 Å². The lowest BCUT2D eigenvalue weighted by atomic mass is 9.63. The van der Waals surface area contributed by atoms with Crippen LogP contribution in [0.1, 0.15) is 47.4 Å². The highest BCUT2D eigenvalue weighted by atomic mass is 16.5. The van der Waals surface area contributed by atoms with E-state index in [1.165, 1.54) is 24.3 Å². The third-order valence-electron chi connectivity index (χ3n) is 8.72. The number of amides is 2. The molecule has 0 radical (unpaired) electrons. The van der Waals surface area contributed by atoms with E-state index in [0.717, 1.165) is 11.3 Å². The maximum Gasteiger partial charge on any atom is 0.343 e. The Balaban J connectivity index is 1.10. The Morgan fingerprint density at radius 1 is 0.850 bits per heavy atom. The van der Waals surface area contributed by atoms with Crippen molar-refractivity contribution in [3.63, 3.8) is 0 Å². The maximum atomic E-state index is 13.6. The standard InChI is InChI=1S/C32H31NO7/c1-17(2)14-25(33-29(35)27-21-12-13-22(24-15-23(21)24)28(27)30(33)36)32(38)39-16-26(34)18-8-10-20(11-9-18)40-31(37)19-6-4-3-5-7-19/h3-13,17,21-25,27-28H,14-16H2,1-2H3. The Labute approximate surface area is 232 Å². The number of nitrogens with zero attached hydrogens (tertiary/aromatic N) is 1. The fourth-order valence-corrected chi connectivity index (χ4v) is 6.81. The Hall–Kier alpha value is -4.07. The number of ketones is 1. The highest BCUT2D eigenvalue weighted by molar-refractivity contribution is 6.09. The van der Waals surface area contributed by atoms with Crippen LogP contribution in [0.5, 0.6) is 5.75 Å². The number of imide groups is 1. The number of carbonyl (C=O) groups excluding carboxylic acids is 5. The summed E-state index contributed by atoms with van der Waals surface area (Å²) < 4.78 is 10.7. The molecule has 2 bridgehead atoms. The highest BCUT2D eigenvalue weighted by Gasteiger charge is 2.68. The van der Waals surface area contributed by atoms with Gasteiger partial charge in [-0.05, 0) is 78.8 Å². The molecule has 3 fully saturated rings. The summed E-state index contributed by atoms with van der Waals surface area (Å²) in [5, 5.41) is 0. The smallest absolute Gasteiger partial charge is 0.343 e. The van der Waals surface area contributed by atoms with Gasteiger partial charge in [0.2, 0.25) is 11.8 Å². The van der Waals surface area contributed by atoms with Gasteiger partial charge >= 0.3 is 11.9 Å². The lowest BCUT2D eigenvalue weighted by molar-refractivity contribution is -0.159. The predicted octanol–water partition coefficient (Wildman–Crippen LogP) is 4.10. The molecule has 7 atom stereocenters. The van der Waals surface area contributed by atoms with Gasteiger partial charge in [0.15, 0.2) is 12.4 Å². The summed E-state index contributed by atoms with van der Waals surface area (Å²) in [5.41, 5.74) is 0.675. The number of benzene rings is 2. The largest absolute Gasteiger partial charge is 0.456 e. The van der Waals surface area contributed by atoms with Crippen molar-refractivity contribution < 1.29 is 33.4 Å². The van der Waals surface area contributed by atoms with Gasteiger partial charge in [0, 0.05) is 5.56 Å². The Morgan fingerprint density at radius 3 is 2.02 bits per heavy atom. The lowest BCUT2D eigenvalue weighted by Gasteiger charge is -2.37. The highest BCUT2D eigenvalue weighted by Crippen LogP contribution is 2.65. The summed E-state index contributed by atoms with van der Waals surface area (Å²) in [6.07, 6.45) is 5.51. The lowest BCUT2D eigenvalue weighted by Crippen LogP contribution is -2.47. The van der Waals surface area contributed by atoms with E-state index in [0.29, 0.717) is 17.4 Å². The molecule has 0 N–H and O–H groups in total. The average Bonchev–Trinajstić information content (AvgIpc) is 3.74. The van der Waals surface area contributed by atoms with Gasteiger partial charge in [-0.15, -0.1) is 0 Å². The molecule has 1 aliphatic heterocycles. The second kappa shape index (κ2) is 10.2. The first-order valence-corrected chi connectivity index (χ1v) is 13.9. The fourth-order valence-electron chi connectivity index (χ4n) is 6.81. The number of likely N-dealkylation sites (tertiary alicyclic amines) is 1. The summed E-state index contributed by atoms with van der Waals surface area (Å²) in [6, 6.07) is 13.4. The van der Waals surface area contributed by atoms with E-state index in [4.69, 9.17) is 9.47 Å². The number of Topliss-reactive ketones (excluding diaryl/α,β-unsaturated/α-hetero) is 1. The normalized spacial score (nSPS) is 28.2. The summed E-state index contributed by atoms with van der Waals surface area (Å²) in [4.78, 5) is 66.6. The van der Waals surface area contributed by atoms with Gasteiger partial charge in [0.25, 0.3) is 0 Å². The number of ether oxygens (including phenoxy) is 2. The Bertz CT molecular complexity index is 1360. The van der Waals surface area contributed by atoms with Crippen LogP contribution in [-0.4, -0.2) is 47.1 Å². The van der Waals surface area contributed by atoms with E-state index in [1.807, 2.05) is 13.8 Å². The molecule has 7 rings (SSSR count). The second-order valence-electron chi connectivity index (χ2n) is 11.7. The van der Waals surface area contributed by atoms with E-state index in [9.17, 15) is 24.0 Å². The molecule has 5 aliphatic rings. The van der Waals surface area contributed by atoms with Gasteiger partial charge in [0.05, 0.1) is 17.4 Å². The fraction of sp³-hybridized carbons (Fsp3) is 0.406. The van der Waals surface area contributed by atoms with Crippen molar-refractivity contribution in [1.29, 1.82) is 0 Å². The minimum atomic E-state index is -1.06. The van der Waals surface area contributed by atoms with Gasteiger partial charge in [-0.25, -0.2) is 9.59 Å². The molecule has 40 heavy (non-hydrogen) atoms. The van der Waals surface area contributed by atoms with Crippen LogP contribution in [-0.2, 0) is 19.1 Å². The molecule has 1 saturated heterocycles. The zero-order chi connectivity index (χ0) is 28.1. The molecule has 8 nitrogen and oxygen atoms in total. The first-order chi connectivity index (χ1) is 19.2. The van der Waals surface area contributed by atoms with Crippen molar-refractivity contribution in [1.82, 2.24) is 4.90 Å². The van der Waals surface area contributed by atoms with E-state index < -0.39 is 42.2 Å². The van der Waals surface area contributed by atoms with Gasteiger partial charge in [-0.1, -0.05) is 44.2 Å². The Morgan fingerprint density at radius 2 is 1.45 bits per heavy atom. The van der Waals surface area contributed by atoms with Crippen LogP contribution in [0.15, 0.2) is 66.7 Å². The quantitative estimate of drug-likeness (QED) is 0.155. The van der Waals surface area contributed by atoms with Crippen LogP contribution in [0.2, 0.25) is 0 Å². The minimum Gasteiger partial charge on any atom is -0.456 e. The molecule has 4 aliphatic carbocycles. The molecule has 1 heterocycles. The Kier molecular flexibility index (Phi) is 6.64. The maximum absolute atomic E-state index is 13.6. The van der Waals surface area contributed by atoms with Crippen molar-refractivity contribution >= 4 is 29.5 Å². The zero-order valence-electron chi connectivity index (χ0n) is 22.4. The number of allylic oxidation sites excluding steroid dienone is 2. The number of carbonyl (C=O) groups is 5. The summed E-state index contributed by atoms with van der Waals surface area (Å²) >= 11 is 0. The molecule has 2 amide bonds. The zero-order valence-corrected chi connectivity index (χ0v) is 22.4. The third kappa shape index (κ3) is 4.55. The van der Waals surface area contributed by atoms with Crippen molar-refractivity contribution in [2.45, 2.75) is 32.7 Å². The molecule has 206 valence electrons. The number of hydrogen-bond acceptors (Lipinski definition) is 7. The molecular formula is C32H31NO7. The van der Waals surface area contributed by atoms with E-state index in [-0.39, 0.29) is 47.3 Å². The van der Waals surface area contributed by atoms with E-state index >= 15 is 0 Å². The SMILES string of the molecule is CC(C)CC(C(=O)OCC(=O)c1ccc(OC(=O)c2ccccc2)cc1)N1C(=O)C2C3C=CC(C4CC34)C2C1=O. The van der Waals surface area contributed by atoms with Crippen molar-refractivity contribution in [2.24, 2.45) is 41.4 Å². The van der Waals surface area contributed by atoms with Crippen LogP contribution in [0.4, 0.5) is 0 Å². The van der Waals surface area contributed by atoms with Gasteiger partial charge in [0.1, 0.15) is 11.8 Å². The van der Waals surface area contributed by atoms with Crippen LogP contribution in [0, 0.1) is 41.4 Å². The second-order valence-corrected chi connectivity index (χ2v) is 11.7. The summed E-state index contributed by atoms with van der Waals surface area (Å²) in [7, 11) is 0. The molecular weight excluding hydrogens is 510 g/mol. The molecule has 0 aromatic heterocycles.